The van der Waals surface area contributed by atoms with Crippen LogP contribution in [0.2, 0.25) is 0 Å². The molecule has 1 aromatic heterocycles. The molecule has 0 saturated heterocycles. The summed E-state index contributed by atoms with van der Waals surface area (Å²) in [6, 6.07) is 10.7. The Morgan fingerprint density at radius 1 is 1.08 bits per heavy atom. The minimum Gasteiger partial charge on any atom is -0.489 e. The van der Waals surface area contributed by atoms with Crippen molar-refractivity contribution in [3.63, 3.8) is 0 Å². The summed E-state index contributed by atoms with van der Waals surface area (Å²) in [6.07, 6.45) is 2.64. The predicted molar refractivity (Wildman–Crippen MR) is 95.3 cm³/mol. The van der Waals surface area contributed by atoms with E-state index in [1.807, 2.05) is 30.5 Å². The molecular weight excluding hydrogens is 340 g/mol. The molecule has 0 fully saturated rings. The smallest absolute Gasteiger partial charge is 0.314 e. The Balaban J connectivity index is 1.35. The molecule has 2 amide bonds. The van der Waals surface area contributed by atoms with Crippen LogP contribution in [0.5, 0.6) is 5.75 Å². The Kier molecular flexibility index (Phi) is 5.68. The van der Waals surface area contributed by atoms with Crippen molar-refractivity contribution in [2.24, 2.45) is 0 Å². The van der Waals surface area contributed by atoms with E-state index >= 15 is 0 Å². The van der Waals surface area contributed by atoms with Crippen molar-refractivity contribution in [1.29, 1.82) is 0 Å². The van der Waals surface area contributed by atoms with E-state index in [0.29, 0.717) is 13.0 Å². The van der Waals surface area contributed by atoms with Gasteiger partial charge in [-0.15, -0.1) is 0 Å². The molecule has 0 saturated carbocycles. The molecule has 0 spiro atoms. The SMILES string of the molecule is O=C(NCCOc1ccc(F)cc1F)NCCc1c[nH]c2ccccc12. The molecule has 1 heterocycles. The number of nitrogens with one attached hydrogen (secondary N) is 3. The summed E-state index contributed by atoms with van der Waals surface area (Å²) in [6.45, 7) is 0.773. The second-order valence-electron chi connectivity index (χ2n) is 5.72. The first kappa shape index (κ1) is 17.7. The molecule has 5 nitrogen and oxygen atoms in total. The van der Waals surface area contributed by atoms with Gasteiger partial charge in [-0.2, -0.15) is 0 Å². The molecule has 0 aliphatic heterocycles. The molecule has 136 valence electrons. The Labute approximate surface area is 149 Å². The van der Waals surface area contributed by atoms with Crippen molar-refractivity contribution in [3.8, 4) is 5.75 Å². The average molecular weight is 359 g/mol. The quantitative estimate of drug-likeness (QED) is 0.566. The minimum atomic E-state index is -0.770. The maximum atomic E-state index is 13.4. The van der Waals surface area contributed by atoms with Crippen LogP contribution in [0.25, 0.3) is 10.9 Å². The Hall–Kier alpha value is -3.09. The molecule has 0 aliphatic carbocycles. The largest absolute Gasteiger partial charge is 0.489 e. The highest BCUT2D eigenvalue weighted by molar-refractivity contribution is 5.83. The molecule has 0 atom stereocenters. The summed E-state index contributed by atoms with van der Waals surface area (Å²) in [5.74, 6) is -1.48. The van der Waals surface area contributed by atoms with E-state index in [4.69, 9.17) is 4.74 Å². The highest BCUT2D eigenvalue weighted by Crippen LogP contribution is 2.18. The number of hydrogen-bond acceptors (Lipinski definition) is 2. The summed E-state index contributed by atoms with van der Waals surface area (Å²) in [7, 11) is 0. The maximum Gasteiger partial charge on any atom is 0.314 e. The number of ether oxygens (including phenoxy) is 1. The second kappa shape index (κ2) is 8.33. The third-order valence-electron chi connectivity index (χ3n) is 3.89. The van der Waals surface area contributed by atoms with Gasteiger partial charge in [-0.3, -0.25) is 0 Å². The van der Waals surface area contributed by atoms with Crippen LogP contribution in [-0.2, 0) is 6.42 Å². The molecule has 3 rings (SSSR count). The Morgan fingerprint density at radius 3 is 2.73 bits per heavy atom. The van der Waals surface area contributed by atoms with Gasteiger partial charge in [0, 0.05) is 29.7 Å². The number of benzene rings is 2. The molecule has 0 bridgehead atoms. The van der Waals surface area contributed by atoms with Gasteiger partial charge in [0.05, 0.1) is 6.54 Å². The highest BCUT2D eigenvalue weighted by Gasteiger charge is 2.06. The van der Waals surface area contributed by atoms with Crippen molar-refractivity contribution in [2.45, 2.75) is 6.42 Å². The number of fused-ring (bicyclic) bond motifs is 1. The zero-order valence-electron chi connectivity index (χ0n) is 14.0. The summed E-state index contributed by atoms with van der Waals surface area (Å²) >= 11 is 0. The van der Waals surface area contributed by atoms with Crippen LogP contribution < -0.4 is 15.4 Å². The van der Waals surface area contributed by atoms with E-state index in [9.17, 15) is 13.6 Å². The van der Waals surface area contributed by atoms with Crippen LogP contribution in [0.4, 0.5) is 13.6 Å². The monoisotopic (exact) mass is 359 g/mol. The number of carbonyl (C=O) groups is 1. The van der Waals surface area contributed by atoms with Gasteiger partial charge < -0.3 is 20.4 Å². The lowest BCUT2D eigenvalue weighted by Crippen LogP contribution is -2.38. The van der Waals surface area contributed by atoms with E-state index in [1.54, 1.807) is 0 Å². The number of carbonyl (C=O) groups excluding carboxylic acids is 1. The molecule has 0 aliphatic rings. The molecule has 0 radical (unpaired) electrons. The number of rotatable bonds is 7. The fourth-order valence-electron chi connectivity index (χ4n) is 2.63. The maximum absolute atomic E-state index is 13.4. The molecule has 26 heavy (non-hydrogen) atoms. The van der Waals surface area contributed by atoms with Gasteiger partial charge in [0.25, 0.3) is 0 Å². The minimum absolute atomic E-state index is 0.0482. The van der Waals surface area contributed by atoms with Crippen molar-refractivity contribution >= 4 is 16.9 Å². The van der Waals surface area contributed by atoms with Crippen LogP contribution in [-0.4, -0.2) is 30.7 Å². The van der Waals surface area contributed by atoms with Crippen LogP contribution in [0.1, 0.15) is 5.56 Å². The molecule has 3 N–H and O–H groups in total. The zero-order valence-corrected chi connectivity index (χ0v) is 14.0. The first-order chi connectivity index (χ1) is 12.6. The van der Waals surface area contributed by atoms with Crippen molar-refractivity contribution in [1.82, 2.24) is 15.6 Å². The number of urea groups is 1. The van der Waals surface area contributed by atoms with Gasteiger partial charge in [0.15, 0.2) is 11.6 Å². The van der Waals surface area contributed by atoms with Gasteiger partial charge >= 0.3 is 6.03 Å². The Bertz CT molecular complexity index is 895. The van der Waals surface area contributed by atoms with Crippen molar-refractivity contribution in [2.75, 3.05) is 19.7 Å². The van der Waals surface area contributed by atoms with Crippen LogP contribution >= 0.6 is 0 Å². The number of halogens is 2. The molecule has 7 heteroatoms. The predicted octanol–water partition coefficient (Wildman–Crippen LogP) is 3.37. The fraction of sp³-hybridized carbons (Fsp3) is 0.211. The van der Waals surface area contributed by atoms with Gasteiger partial charge in [-0.05, 0) is 30.2 Å². The first-order valence-corrected chi connectivity index (χ1v) is 8.28. The normalized spacial score (nSPS) is 10.7. The van der Waals surface area contributed by atoms with Gasteiger partial charge in [0.1, 0.15) is 12.4 Å². The highest BCUT2D eigenvalue weighted by atomic mass is 19.1. The number of H-pyrrole nitrogens is 1. The molecule has 2 aromatic carbocycles. The second-order valence-corrected chi connectivity index (χ2v) is 5.72. The number of amides is 2. The van der Waals surface area contributed by atoms with E-state index in [-0.39, 0.29) is 24.9 Å². The summed E-state index contributed by atoms with van der Waals surface area (Å²) < 4.78 is 31.3. The van der Waals surface area contributed by atoms with E-state index < -0.39 is 11.6 Å². The van der Waals surface area contributed by atoms with Gasteiger partial charge in [0.2, 0.25) is 0 Å². The lowest BCUT2D eigenvalue weighted by molar-refractivity contribution is 0.236. The lowest BCUT2D eigenvalue weighted by Gasteiger charge is -2.09. The van der Waals surface area contributed by atoms with E-state index in [1.165, 1.54) is 6.07 Å². The number of aromatic nitrogens is 1. The first-order valence-electron chi connectivity index (χ1n) is 8.28. The molecular formula is C19H19F2N3O2. The van der Waals surface area contributed by atoms with E-state index in [0.717, 1.165) is 28.6 Å². The lowest BCUT2D eigenvalue weighted by atomic mass is 10.1. The summed E-state index contributed by atoms with van der Waals surface area (Å²) in [4.78, 5) is 14.9. The fourth-order valence-corrected chi connectivity index (χ4v) is 2.63. The average Bonchev–Trinajstić information content (AvgIpc) is 3.03. The number of para-hydroxylation sites is 1. The zero-order chi connectivity index (χ0) is 18.4. The number of aromatic amines is 1. The molecule has 3 aromatic rings. The third kappa shape index (κ3) is 4.50. The number of hydrogen-bond donors (Lipinski definition) is 3. The van der Waals surface area contributed by atoms with Crippen molar-refractivity contribution in [3.05, 3.63) is 65.9 Å². The summed E-state index contributed by atoms with van der Waals surface area (Å²) in [5.41, 5.74) is 2.20. The topological polar surface area (TPSA) is 66.2 Å². The van der Waals surface area contributed by atoms with E-state index in [2.05, 4.69) is 15.6 Å². The summed E-state index contributed by atoms with van der Waals surface area (Å²) in [5, 5.41) is 6.52. The van der Waals surface area contributed by atoms with Gasteiger partial charge in [-0.25, -0.2) is 13.6 Å². The van der Waals surface area contributed by atoms with Crippen LogP contribution in [0.15, 0.2) is 48.7 Å². The third-order valence-corrected chi connectivity index (χ3v) is 3.89. The van der Waals surface area contributed by atoms with Crippen LogP contribution in [0.3, 0.4) is 0 Å². The Morgan fingerprint density at radius 2 is 1.88 bits per heavy atom. The standard InChI is InChI=1S/C19H19F2N3O2/c20-14-5-6-18(16(21)11-14)26-10-9-23-19(25)22-8-7-13-12-24-17-4-2-1-3-15(13)17/h1-6,11-12,24H,7-10H2,(H2,22,23,25). The van der Waals surface area contributed by atoms with Gasteiger partial charge in [-0.1, -0.05) is 18.2 Å². The van der Waals surface area contributed by atoms with Crippen LogP contribution in [0, 0.1) is 11.6 Å². The van der Waals surface area contributed by atoms with Crippen molar-refractivity contribution < 1.29 is 18.3 Å². The molecule has 0 unspecified atom stereocenters.